The van der Waals surface area contributed by atoms with Crippen LogP contribution in [0.4, 0.5) is 5.69 Å². The summed E-state index contributed by atoms with van der Waals surface area (Å²) in [6.07, 6.45) is 4.42. The Labute approximate surface area is 124 Å². The Morgan fingerprint density at radius 3 is 2.81 bits per heavy atom. The molecular weight excluding hydrogens is 264 g/mol. The number of nitrogens with zero attached hydrogens (tertiary/aromatic N) is 3. The molecule has 1 aromatic heterocycles. The molecule has 5 heteroatoms. The molecular formula is C16H16N4O. The van der Waals surface area contributed by atoms with Crippen molar-refractivity contribution in [2.24, 2.45) is 0 Å². The van der Waals surface area contributed by atoms with E-state index in [4.69, 9.17) is 0 Å². The van der Waals surface area contributed by atoms with Crippen LogP contribution in [0, 0.1) is 11.8 Å². The van der Waals surface area contributed by atoms with Crippen LogP contribution in [0.3, 0.4) is 0 Å². The van der Waals surface area contributed by atoms with Crippen molar-refractivity contribution >= 4 is 11.6 Å². The first-order valence-electron chi connectivity index (χ1n) is 6.48. The number of para-hydroxylation sites is 1. The summed E-state index contributed by atoms with van der Waals surface area (Å²) in [6, 6.07) is 7.86. The van der Waals surface area contributed by atoms with E-state index in [1.807, 2.05) is 43.3 Å². The van der Waals surface area contributed by atoms with Crippen molar-refractivity contribution in [1.29, 1.82) is 0 Å². The number of aromatic nitrogens is 2. The van der Waals surface area contributed by atoms with Gasteiger partial charge in [0.05, 0.1) is 18.4 Å². The third-order valence-corrected chi connectivity index (χ3v) is 2.74. The number of nitrogens with one attached hydrogen (secondary N) is 1. The quantitative estimate of drug-likeness (QED) is 0.862. The molecule has 2 aromatic rings. The van der Waals surface area contributed by atoms with Gasteiger partial charge in [-0.1, -0.05) is 24.0 Å². The van der Waals surface area contributed by atoms with Gasteiger partial charge in [0.1, 0.15) is 5.69 Å². The maximum atomic E-state index is 11.7. The summed E-state index contributed by atoms with van der Waals surface area (Å²) in [7, 11) is 3.94. The van der Waals surface area contributed by atoms with Gasteiger partial charge in [-0.3, -0.25) is 9.78 Å². The SMILES string of the molecule is CN(C)c1ccccc1C#CCNC(=O)c1cnccn1. The summed E-state index contributed by atoms with van der Waals surface area (Å²) in [5.41, 5.74) is 2.26. The van der Waals surface area contributed by atoms with Crippen molar-refractivity contribution in [2.45, 2.75) is 0 Å². The van der Waals surface area contributed by atoms with Crippen molar-refractivity contribution < 1.29 is 4.79 Å². The fraction of sp³-hybridized carbons (Fsp3) is 0.188. The number of anilines is 1. The summed E-state index contributed by atoms with van der Waals surface area (Å²) >= 11 is 0. The molecule has 0 aliphatic heterocycles. The summed E-state index contributed by atoms with van der Waals surface area (Å²) < 4.78 is 0. The number of carbonyl (C=O) groups is 1. The highest BCUT2D eigenvalue weighted by Gasteiger charge is 2.04. The Kier molecular flexibility index (Phi) is 4.89. The van der Waals surface area contributed by atoms with Crippen LogP contribution in [0.5, 0.6) is 0 Å². The van der Waals surface area contributed by atoms with Gasteiger partial charge in [0.15, 0.2) is 0 Å². The van der Waals surface area contributed by atoms with E-state index in [9.17, 15) is 4.79 Å². The first-order valence-corrected chi connectivity index (χ1v) is 6.48. The van der Waals surface area contributed by atoms with Crippen molar-refractivity contribution in [1.82, 2.24) is 15.3 Å². The standard InChI is InChI=1S/C16H16N4O/c1-20(2)15-8-4-3-6-13(15)7-5-9-19-16(21)14-12-17-10-11-18-14/h3-4,6,8,10-12H,9H2,1-2H3,(H,19,21). The molecule has 0 aliphatic rings. The third-order valence-electron chi connectivity index (χ3n) is 2.74. The van der Waals surface area contributed by atoms with Crippen molar-refractivity contribution in [3.8, 4) is 11.8 Å². The molecule has 0 atom stereocenters. The van der Waals surface area contributed by atoms with Crippen LogP contribution in [0.1, 0.15) is 16.1 Å². The molecule has 1 aromatic carbocycles. The summed E-state index contributed by atoms with van der Waals surface area (Å²) in [6.45, 7) is 0.261. The molecule has 1 heterocycles. The van der Waals surface area contributed by atoms with Gasteiger partial charge in [0.25, 0.3) is 5.91 Å². The summed E-state index contributed by atoms with van der Waals surface area (Å²) in [5.74, 6) is 5.72. The zero-order chi connectivity index (χ0) is 15.1. The van der Waals surface area contributed by atoms with Crippen LogP contribution in [0.2, 0.25) is 0 Å². The van der Waals surface area contributed by atoms with E-state index in [1.54, 1.807) is 0 Å². The molecule has 2 rings (SSSR count). The van der Waals surface area contributed by atoms with Gasteiger partial charge in [-0.25, -0.2) is 4.98 Å². The highest BCUT2D eigenvalue weighted by atomic mass is 16.1. The van der Waals surface area contributed by atoms with E-state index in [2.05, 4.69) is 27.1 Å². The average Bonchev–Trinajstić information content (AvgIpc) is 2.52. The van der Waals surface area contributed by atoms with Gasteiger partial charge in [-0.05, 0) is 12.1 Å². The number of amides is 1. The molecule has 1 amide bonds. The van der Waals surface area contributed by atoms with E-state index in [1.165, 1.54) is 18.6 Å². The fourth-order valence-electron chi connectivity index (χ4n) is 1.74. The lowest BCUT2D eigenvalue weighted by atomic mass is 10.1. The number of rotatable bonds is 3. The van der Waals surface area contributed by atoms with Crippen molar-refractivity contribution in [3.63, 3.8) is 0 Å². The molecule has 21 heavy (non-hydrogen) atoms. The van der Waals surface area contributed by atoms with Crippen LogP contribution in [0.25, 0.3) is 0 Å². The fourth-order valence-corrected chi connectivity index (χ4v) is 1.74. The molecule has 0 fully saturated rings. The molecule has 0 bridgehead atoms. The monoisotopic (exact) mass is 280 g/mol. The molecule has 0 unspecified atom stereocenters. The first-order chi connectivity index (χ1) is 10.2. The summed E-state index contributed by atoms with van der Waals surface area (Å²) in [5, 5.41) is 2.69. The lowest BCUT2D eigenvalue weighted by Gasteiger charge is -2.13. The largest absolute Gasteiger partial charge is 0.377 e. The Morgan fingerprint density at radius 2 is 2.10 bits per heavy atom. The van der Waals surface area contributed by atoms with E-state index in [0.29, 0.717) is 0 Å². The molecule has 0 spiro atoms. The first kappa shape index (κ1) is 14.5. The number of benzene rings is 1. The lowest BCUT2D eigenvalue weighted by Crippen LogP contribution is -2.24. The molecule has 0 aliphatic carbocycles. The molecule has 0 saturated carbocycles. The Hall–Kier alpha value is -2.87. The maximum absolute atomic E-state index is 11.7. The minimum Gasteiger partial charge on any atom is -0.377 e. The van der Waals surface area contributed by atoms with Crippen LogP contribution in [-0.2, 0) is 0 Å². The van der Waals surface area contributed by atoms with Crippen molar-refractivity contribution in [3.05, 3.63) is 54.1 Å². The Balaban J connectivity index is 1.97. The van der Waals surface area contributed by atoms with E-state index < -0.39 is 0 Å². The number of hydrogen-bond acceptors (Lipinski definition) is 4. The zero-order valence-electron chi connectivity index (χ0n) is 12.0. The molecule has 1 N–H and O–H groups in total. The van der Waals surface area contributed by atoms with Gasteiger partial charge in [-0.2, -0.15) is 0 Å². The Morgan fingerprint density at radius 1 is 1.29 bits per heavy atom. The van der Waals surface area contributed by atoms with Crippen LogP contribution >= 0.6 is 0 Å². The van der Waals surface area contributed by atoms with Crippen LogP contribution in [-0.4, -0.2) is 36.5 Å². The van der Waals surface area contributed by atoms with Gasteiger partial charge in [-0.15, -0.1) is 0 Å². The molecule has 0 saturated heterocycles. The van der Waals surface area contributed by atoms with Gasteiger partial charge >= 0.3 is 0 Å². The molecule has 106 valence electrons. The highest BCUT2D eigenvalue weighted by molar-refractivity contribution is 5.92. The molecule has 5 nitrogen and oxygen atoms in total. The average molecular weight is 280 g/mol. The molecule has 0 radical (unpaired) electrons. The lowest BCUT2D eigenvalue weighted by molar-refractivity contribution is 0.0953. The maximum Gasteiger partial charge on any atom is 0.272 e. The van der Waals surface area contributed by atoms with Crippen LogP contribution < -0.4 is 10.2 Å². The summed E-state index contributed by atoms with van der Waals surface area (Å²) in [4.78, 5) is 21.5. The predicted octanol–water partition coefficient (Wildman–Crippen LogP) is 1.32. The van der Waals surface area contributed by atoms with Gasteiger partial charge in [0.2, 0.25) is 0 Å². The smallest absolute Gasteiger partial charge is 0.272 e. The minimum absolute atomic E-state index is 0.261. The van der Waals surface area contributed by atoms with Gasteiger partial charge < -0.3 is 10.2 Å². The Bertz CT molecular complexity index is 671. The van der Waals surface area contributed by atoms with E-state index >= 15 is 0 Å². The zero-order valence-corrected chi connectivity index (χ0v) is 12.0. The van der Waals surface area contributed by atoms with Gasteiger partial charge in [0, 0.05) is 32.1 Å². The second kappa shape index (κ2) is 7.06. The minimum atomic E-state index is -0.279. The highest BCUT2D eigenvalue weighted by Crippen LogP contribution is 2.16. The normalized spacial score (nSPS) is 9.43. The number of hydrogen-bond donors (Lipinski definition) is 1. The second-order valence-electron chi connectivity index (χ2n) is 4.49. The predicted molar refractivity (Wildman–Crippen MR) is 82.0 cm³/mol. The number of carbonyl (C=O) groups excluding carboxylic acids is 1. The third kappa shape index (κ3) is 4.05. The van der Waals surface area contributed by atoms with E-state index in [0.717, 1.165) is 11.3 Å². The van der Waals surface area contributed by atoms with Crippen LogP contribution in [0.15, 0.2) is 42.9 Å². The van der Waals surface area contributed by atoms with Crippen molar-refractivity contribution in [2.75, 3.05) is 25.5 Å². The van der Waals surface area contributed by atoms with E-state index in [-0.39, 0.29) is 18.1 Å². The second-order valence-corrected chi connectivity index (χ2v) is 4.49. The topological polar surface area (TPSA) is 58.1 Å².